The van der Waals surface area contributed by atoms with Gasteiger partial charge in [0.2, 0.25) is 0 Å². The Balaban J connectivity index is 0.000000398. The fourth-order valence-electron chi connectivity index (χ4n) is 2.80. The van der Waals surface area contributed by atoms with Gasteiger partial charge in [0.1, 0.15) is 12.1 Å². The molecule has 1 heterocycles. The zero-order valence-corrected chi connectivity index (χ0v) is 24.8. The van der Waals surface area contributed by atoms with Crippen molar-refractivity contribution in [1.82, 2.24) is 0 Å². The Morgan fingerprint density at radius 1 is 1.05 bits per heavy atom. The fourth-order valence-corrected chi connectivity index (χ4v) is 3.84. The number of benzene rings is 3. The lowest BCUT2D eigenvalue weighted by atomic mass is 10.1. The van der Waals surface area contributed by atoms with Crippen molar-refractivity contribution >= 4 is 64.4 Å². The van der Waals surface area contributed by atoms with Crippen LogP contribution in [0.5, 0.6) is 0 Å². The van der Waals surface area contributed by atoms with Crippen molar-refractivity contribution in [2.24, 2.45) is 0 Å². The van der Waals surface area contributed by atoms with Crippen LogP contribution in [0.15, 0.2) is 60.7 Å². The van der Waals surface area contributed by atoms with Crippen molar-refractivity contribution in [3.05, 3.63) is 87.7 Å². The molecule has 0 bridgehead atoms. The van der Waals surface area contributed by atoms with Crippen molar-refractivity contribution in [2.75, 3.05) is 34.3 Å². The largest absolute Gasteiger partial charge is 0.387 e. The summed E-state index contributed by atoms with van der Waals surface area (Å²) >= 11 is 13.2. The highest BCUT2D eigenvalue weighted by Crippen LogP contribution is 2.31. The third-order valence-electron chi connectivity index (χ3n) is 5.01. The Labute approximate surface area is 240 Å². The molecule has 2 N–H and O–H groups in total. The minimum Gasteiger partial charge on any atom is -0.387 e. The van der Waals surface area contributed by atoms with E-state index in [1.165, 1.54) is 25.0 Å². The number of halogens is 3. The number of nitrogens with zero attached hydrogens (tertiary/aromatic N) is 1. The molecule has 4 rings (SSSR count). The Bertz CT molecular complexity index is 1160. The van der Waals surface area contributed by atoms with E-state index < -0.39 is 11.7 Å². The molecule has 9 heteroatoms. The molecule has 0 aromatic heterocycles. The number of hydrogen-bond acceptors (Lipinski definition) is 5. The van der Waals surface area contributed by atoms with Crippen LogP contribution in [0.1, 0.15) is 61.3 Å². The summed E-state index contributed by atoms with van der Waals surface area (Å²) in [4.78, 5) is 22.4. The van der Waals surface area contributed by atoms with Crippen LogP contribution in [0.3, 0.4) is 0 Å². The number of carbonyl (C=O) groups is 2. The zero-order chi connectivity index (χ0) is 28.5. The summed E-state index contributed by atoms with van der Waals surface area (Å²) in [5.74, 6) is 0.0128. The maximum absolute atomic E-state index is 14.2. The Morgan fingerprint density at radius 2 is 1.74 bits per heavy atom. The van der Waals surface area contributed by atoms with Crippen LogP contribution in [0.2, 0.25) is 10.0 Å². The van der Waals surface area contributed by atoms with Gasteiger partial charge in [-0.25, -0.2) is 4.39 Å². The second-order valence-corrected chi connectivity index (χ2v) is 9.62. The van der Waals surface area contributed by atoms with E-state index in [0.717, 1.165) is 24.3 Å². The standard InChI is InChI=1S/C16H15ClFN3OS.C7H5ClO.C4H10.C2H6/c1-19-15-8-10(2-5-13(15)17)20-16(22)12-4-3-11(9-14(12)18)21-6-7-23-21;8-7-3-1-2-6(4-7)5-9;1-3-4-2;1-2/h2-5,8-9,19H,6-7H2,1H3,(H,20,22);1-5H;3-4H2,1-2H3;1-2H3. The van der Waals surface area contributed by atoms with E-state index in [0.29, 0.717) is 27.0 Å². The van der Waals surface area contributed by atoms with E-state index in [2.05, 4.69) is 24.5 Å². The van der Waals surface area contributed by atoms with Crippen molar-refractivity contribution in [3.63, 3.8) is 0 Å². The number of amides is 1. The third-order valence-corrected chi connectivity index (χ3v) is 6.64. The molecule has 1 fully saturated rings. The Hall–Kier alpha value is -2.74. The highest BCUT2D eigenvalue weighted by Gasteiger charge is 2.19. The summed E-state index contributed by atoms with van der Waals surface area (Å²) in [6.07, 6.45) is 3.41. The molecule has 38 heavy (non-hydrogen) atoms. The molecule has 0 aliphatic carbocycles. The highest BCUT2D eigenvalue weighted by atomic mass is 35.5. The van der Waals surface area contributed by atoms with Crippen LogP contribution >= 0.6 is 35.1 Å². The van der Waals surface area contributed by atoms with E-state index in [1.54, 1.807) is 67.5 Å². The lowest BCUT2D eigenvalue weighted by molar-refractivity contribution is 0.102. The van der Waals surface area contributed by atoms with E-state index in [1.807, 2.05) is 18.2 Å². The van der Waals surface area contributed by atoms with Gasteiger partial charge in [0.05, 0.1) is 16.3 Å². The molecule has 1 amide bonds. The monoisotopic (exact) mass is 579 g/mol. The lowest BCUT2D eigenvalue weighted by Gasteiger charge is -2.31. The molecule has 0 radical (unpaired) electrons. The van der Waals surface area contributed by atoms with Gasteiger partial charge in [-0.3, -0.25) is 9.59 Å². The van der Waals surface area contributed by atoms with Crippen LogP contribution in [-0.4, -0.2) is 31.5 Å². The molecule has 1 aliphatic rings. The quantitative estimate of drug-likeness (QED) is 0.225. The summed E-state index contributed by atoms with van der Waals surface area (Å²) < 4.78 is 16.2. The second-order valence-electron chi connectivity index (χ2n) is 7.67. The van der Waals surface area contributed by atoms with E-state index in [9.17, 15) is 14.0 Å². The lowest BCUT2D eigenvalue weighted by Crippen LogP contribution is -2.29. The Morgan fingerprint density at radius 3 is 2.21 bits per heavy atom. The molecule has 1 aliphatic heterocycles. The molecule has 0 saturated carbocycles. The van der Waals surface area contributed by atoms with Crippen LogP contribution in [0.25, 0.3) is 0 Å². The summed E-state index contributed by atoms with van der Waals surface area (Å²) in [7, 11) is 1.74. The summed E-state index contributed by atoms with van der Waals surface area (Å²) in [6.45, 7) is 9.26. The number of carbonyl (C=O) groups excluding carboxylic acids is 2. The number of rotatable bonds is 6. The first-order chi connectivity index (χ1) is 18.3. The molecule has 0 atom stereocenters. The highest BCUT2D eigenvalue weighted by molar-refractivity contribution is 8.02. The molecule has 3 aromatic carbocycles. The normalized spacial score (nSPS) is 11.2. The van der Waals surface area contributed by atoms with E-state index >= 15 is 0 Å². The van der Waals surface area contributed by atoms with Gasteiger partial charge in [-0.05, 0) is 60.5 Å². The topological polar surface area (TPSA) is 61.4 Å². The van der Waals surface area contributed by atoms with Gasteiger partial charge in [0.25, 0.3) is 5.91 Å². The second kappa shape index (κ2) is 18.5. The molecular formula is C29H36Cl2FN3O2S. The van der Waals surface area contributed by atoms with Crippen LogP contribution < -0.4 is 14.9 Å². The van der Waals surface area contributed by atoms with Crippen molar-refractivity contribution in [1.29, 1.82) is 0 Å². The number of anilines is 3. The van der Waals surface area contributed by atoms with Gasteiger partial charge in [0, 0.05) is 41.3 Å². The molecule has 0 unspecified atom stereocenters. The minimum absolute atomic E-state index is 0.0141. The zero-order valence-electron chi connectivity index (χ0n) is 22.5. The van der Waals surface area contributed by atoms with E-state index in [-0.39, 0.29) is 5.56 Å². The number of aldehydes is 1. The van der Waals surface area contributed by atoms with Crippen molar-refractivity contribution in [3.8, 4) is 0 Å². The molecular weight excluding hydrogens is 544 g/mol. The number of unbranched alkanes of at least 4 members (excludes halogenated alkanes) is 1. The molecule has 0 spiro atoms. The van der Waals surface area contributed by atoms with Gasteiger partial charge >= 0.3 is 0 Å². The number of nitrogens with one attached hydrogen (secondary N) is 2. The minimum atomic E-state index is -0.532. The van der Waals surface area contributed by atoms with E-state index in [4.69, 9.17) is 23.2 Å². The van der Waals surface area contributed by atoms with Gasteiger partial charge in [-0.2, -0.15) is 0 Å². The fraction of sp³-hybridized carbons (Fsp3) is 0.310. The van der Waals surface area contributed by atoms with Gasteiger partial charge in [0.15, 0.2) is 0 Å². The molecule has 5 nitrogen and oxygen atoms in total. The molecule has 1 saturated heterocycles. The van der Waals surface area contributed by atoms with Crippen LogP contribution in [0, 0.1) is 5.82 Å². The number of hydrogen-bond donors (Lipinski definition) is 2. The van der Waals surface area contributed by atoms with Crippen LogP contribution in [0.4, 0.5) is 21.5 Å². The first kappa shape index (κ1) is 33.3. The first-order valence-electron chi connectivity index (χ1n) is 12.5. The van der Waals surface area contributed by atoms with Gasteiger partial charge in [-0.1, -0.05) is 75.9 Å². The predicted octanol–water partition coefficient (Wildman–Crippen LogP) is 9.23. The maximum Gasteiger partial charge on any atom is 0.258 e. The average molecular weight is 581 g/mol. The summed E-state index contributed by atoms with van der Waals surface area (Å²) in [5.41, 5.74) is 2.64. The van der Waals surface area contributed by atoms with Crippen molar-refractivity contribution < 1.29 is 14.0 Å². The van der Waals surface area contributed by atoms with Gasteiger partial charge in [-0.15, -0.1) is 0 Å². The molecule has 3 aromatic rings. The SMILES string of the molecule is CC.CCCC.CNc1cc(NC(=O)c2ccc(N3CCS3)cc2F)ccc1Cl.O=Cc1cccc(Cl)c1. The predicted molar refractivity (Wildman–Crippen MR) is 164 cm³/mol. The Kier molecular flexibility index (Phi) is 16.2. The van der Waals surface area contributed by atoms with Crippen molar-refractivity contribution in [2.45, 2.75) is 40.5 Å². The summed E-state index contributed by atoms with van der Waals surface area (Å²) in [6, 6.07) is 16.5. The third kappa shape index (κ3) is 10.9. The summed E-state index contributed by atoms with van der Waals surface area (Å²) in [5, 5.41) is 6.75. The van der Waals surface area contributed by atoms with Crippen LogP contribution in [-0.2, 0) is 0 Å². The smallest absolute Gasteiger partial charge is 0.258 e. The van der Waals surface area contributed by atoms with Gasteiger partial charge < -0.3 is 14.9 Å². The molecule has 206 valence electrons. The first-order valence-corrected chi connectivity index (χ1v) is 14.2. The average Bonchev–Trinajstić information content (AvgIpc) is 2.90. The maximum atomic E-state index is 14.2.